The number of carbonyl (C=O) groups is 1. The number of hydrogen-bond acceptors (Lipinski definition) is 3. The first-order valence-electron chi connectivity index (χ1n) is 8.42. The van der Waals surface area contributed by atoms with Gasteiger partial charge in [0.05, 0.1) is 19.1 Å². The monoisotopic (exact) mass is 306 g/mol. The van der Waals surface area contributed by atoms with Crippen molar-refractivity contribution in [3.8, 4) is 5.75 Å². The summed E-state index contributed by atoms with van der Waals surface area (Å²) < 4.78 is 10.9. The summed E-state index contributed by atoms with van der Waals surface area (Å²) in [5.74, 6) is 0.792. The number of esters is 1. The Labute approximate surface area is 135 Å². The van der Waals surface area contributed by atoms with Crippen LogP contribution in [0.2, 0.25) is 0 Å². The zero-order valence-corrected chi connectivity index (χ0v) is 14.5. The smallest absolute Gasteiger partial charge is 0.312 e. The molecular weight excluding hydrogens is 276 g/mol. The lowest BCUT2D eigenvalue weighted by Gasteiger charge is -2.32. The second kappa shape index (κ2) is 9.50. The van der Waals surface area contributed by atoms with Crippen molar-refractivity contribution in [1.29, 1.82) is 0 Å². The lowest BCUT2D eigenvalue weighted by Crippen LogP contribution is -2.35. The molecule has 1 rings (SSSR count). The summed E-state index contributed by atoms with van der Waals surface area (Å²) in [6, 6.07) is 7.96. The third-order valence-corrected chi connectivity index (χ3v) is 4.17. The molecule has 0 aliphatic rings. The van der Waals surface area contributed by atoms with Gasteiger partial charge in [0.1, 0.15) is 5.75 Å². The summed E-state index contributed by atoms with van der Waals surface area (Å²) in [4.78, 5) is 12.7. The molecule has 0 saturated carbocycles. The van der Waals surface area contributed by atoms with Crippen LogP contribution in [0.1, 0.15) is 58.4 Å². The molecule has 0 saturated heterocycles. The van der Waals surface area contributed by atoms with Gasteiger partial charge in [0.2, 0.25) is 0 Å². The highest BCUT2D eigenvalue weighted by atomic mass is 16.5. The molecule has 1 aromatic rings. The van der Waals surface area contributed by atoms with E-state index in [-0.39, 0.29) is 5.97 Å². The van der Waals surface area contributed by atoms with Gasteiger partial charge in [0.15, 0.2) is 0 Å². The SMILES string of the molecule is CCCCC(CCC)(Cc1ccccc1OC)C(=O)OCC. The predicted octanol–water partition coefficient (Wildman–Crippen LogP) is 4.78. The lowest BCUT2D eigenvalue weighted by atomic mass is 9.74. The largest absolute Gasteiger partial charge is 0.496 e. The minimum absolute atomic E-state index is 0.0591. The second-order valence-electron chi connectivity index (χ2n) is 5.84. The van der Waals surface area contributed by atoms with Gasteiger partial charge in [-0.05, 0) is 37.8 Å². The van der Waals surface area contributed by atoms with E-state index >= 15 is 0 Å². The van der Waals surface area contributed by atoms with Crippen LogP contribution in [0, 0.1) is 5.41 Å². The molecule has 0 heterocycles. The molecule has 0 amide bonds. The number of carbonyl (C=O) groups excluding carboxylic acids is 1. The second-order valence-corrected chi connectivity index (χ2v) is 5.84. The number of hydrogen-bond donors (Lipinski definition) is 0. The molecule has 124 valence electrons. The Morgan fingerprint density at radius 2 is 1.82 bits per heavy atom. The van der Waals surface area contributed by atoms with Crippen LogP contribution < -0.4 is 4.74 Å². The molecule has 1 aromatic carbocycles. The Kier molecular flexibility index (Phi) is 8.00. The summed E-state index contributed by atoms with van der Waals surface area (Å²) in [5.41, 5.74) is 0.651. The van der Waals surface area contributed by atoms with Gasteiger partial charge in [0, 0.05) is 0 Å². The number of benzene rings is 1. The minimum atomic E-state index is -0.435. The number of para-hydroxylation sites is 1. The van der Waals surface area contributed by atoms with E-state index < -0.39 is 5.41 Å². The summed E-state index contributed by atoms with van der Waals surface area (Å²) in [7, 11) is 1.68. The molecule has 3 nitrogen and oxygen atoms in total. The van der Waals surface area contributed by atoms with Crippen LogP contribution in [-0.2, 0) is 16.0 Å². The molecule has 3 heteroatoms. The maximum Gasteiger partial charge on any atom is 0.312 e. The van der Waals surface area contributed by atoms with Gasteiger partial charge < -0.3 is 9.47 Å². The van der Waals surface area contributed by atoms with E-state index in [1.165, 1.54) is 0 Å². The molecule has 0 fully saturated rings. The molecule has 0 spiro atoms. The minimum Gasteiger partial charge on any atom is -0.496 e. The van der Waals surface area contributed by atoms with Crippen molar-refractivity contribution in [1.82, 2.24) is 0 Å². The van der Waals surface area contributed by atoms with Crippen LogP contribution in [0.15, 0.2) is 24.3 Å². The molecule has 0 aromatic heterocycles. The van der Waals surface area contributed by atoms with Gasteiger partial charge in [-0.25, -0.2) is 0 Å². The molecule has 22 heavy (non-hydrogen) atoms. The van der Waals surface area contributed by atoms with Crippen molar-refractivity contribution >= 4 is 5.97 Å². The first kappa shape index (κ1) is 18.5. The van der Waals surface area contributed by atoms with Gasteiger partial charge in [-0.3, -0.25) is 4.79 Å². The average molecular weight is 306 g/mol. The van der Waals surface area contributed by atoms with Gasteiger partial charge in [-0.15, -0.1) is 0 Å². The Morgan fingerprint density at radius 1 is 1.09 bits per heavy atom. The van der Waals surface area contributed by atoms with Crippen LogP contribution >= 0.6 is 0 Å². The van der Waals surface area contributed by atoms with E-state index in [1.807, 2.05) is 25.1 Å². The molecule has 0 bridgehead atoms. The predicted molar refractivity (Wildman–Crippen MR) is 90.2 cm³/mol. The van der Waals surface area contributed by atoms with Crippen LogP contribution in [0.25, 0.3) is 0 Å². The zero-order chi connectivity index (χ0) is 16.4. The topological polar surface area (TPSA) is 35.5 Å². The Bertz CT molecular complexity index is 456. The summed E-state index contributed by atoms with van der Waals surface area (Å²) in [6.45, 7) is 6.59. The highest BCUT2D eigenvalue weighted by Crippen LogP contribution is 2.38. The fourth-order valence-electron chi connectivity index (χ4n) is 3.07. The Hall–Kier alpha value is -1.51. The summed E-state index contributed by atoms with van der Waals surface area (Å²) in [5, 5.41) is 0. The maximum atomic E-state index is 12.7. The van der Waals surface area contributed by atoms with Crippen LogP contribution in [-0.4, -0.2) is 19.7 Å². The van der Waals surface area contributed by atoms with Gasteiger partial charge in [-0.2, -0.15) is 0 Å². The van der Waals surface area contributed by atoms with Crippen molar-refractivity contribution in [3.63, 3.8) is 0 Å². The van der Waals surface area contributed by atoms with E-state index in [9.17, 15) is 4.79 Å². The van der Waals surface area contributed by atoms with Crippen LogP contribution in [0.4, 0.5) is 0 Å². The first-order chi connectivity index (χ1) is 10.6. The Balaban J connectivity index is 3.13. The van der Waals surface area contributed by atoms with Crippen molar-refractivity contribution in [2.75, 3.05) is 13.7 Å². The molecule has 1 unspecified atom stereocenters. The summed E-state index contributed by atoms with van der Waals surface area (Å²) >= 11 is 0. The third-order valence-electron chi connectivity index (χ3n) is 4.17. The zero-order valence-electron chi connectivity index (χ0n) is 14.5. The number of ether oxygens (including phenoxy) is 2. The number of methoxy groups -OCH3 is 1. The summed E-state index contributed by atoms with van der Waals surface area (Å²) in [6.07, 6.45) is 5.49. The van der Waals surface area contributed by atoms with E-state index in [0.29, 0.717) is 13.0 Å². The van der Waals surface area contributed by atoms with Crippen LogP contribution in [0.3, 0.4) is 0 Å². The first-order valence-corrected chi connectivity index (χ1v) is 8.42. The average Bonchev–Trinajstić information content (AvgIpc) is 2.53. The maximum absolute atomic E-state index is 12.7. The van der Waals surface area contributed by atoms with E-state index in [0.717, 1.165) is 43.4 Å². The highest BCUT2D eigenvalue weighted by Gasteiger charge is 2.39. The van der Waals surface area contributed by atoms with Gasteiger partial charge in [-0.1, -0.05) is 51.3 Å². The molecular formula is C19H30O3. The normalized spacial score (nSPS) is 13.5. The van der Waals surface area contributed by atoms with Crippen molar-refractivity contribution in [3.05, 3.63) is 29.8 Å². The Morgan fingerprint density at radius 3 is 2.41 bits per heavy atom. The molecule has 0 N–H and O–H groups in total. The fraction of sp³-hybridized carbons (Fsp3) is 0.632. The van der Waals surface area contributed by atoms with Gasteiger partial charge >= 0.3 is 5.97 Å². The lowest BCUT2D eigenvalue weighted by molar-refractivity contribution is -0.156. The van der Waals surface area contributed by atoms with E-state index in [2.05, 4.69) is 19.9 Å². The molecule has 1 atom stereocenters. The highest BCUT2D eigenvalue weighted by molar-refractivity contribution is 5.77. The van der Waals surface area contributed by atoms with Crippen molar-refractivity contribution in [2.45, 2.75) is 59.3 Å². The van der Waals surface area contributed by atoms with Crippen LogP contribution in [0.5, 0.6) is 5.75 Å². The third kappa shape index (κ3) is 4.75. The van der Waals surface area contributed by atoms with Gasteiger partial charge in [0.25, 0.3) is 0 Å². The number of unbranched alkanes of at least 4 members (excludes halogenated alkanes) is 1. The van der Waals surface area contributed by atoms with E-state index in [1.54, 1.807) is 7.11 Å². The molecule has 0 radical (unpaired) electrons. The van der Waals surface area contributed by atoms with Crippen molar-refractivity contribution < 1.29 is 14.3 Å². The quantitative estimate of drug-likeness (QED) is 0.584. The van der Waals surface area contributed by atoms with Crippen molar-refractivity contribution in [2.24, 2.45) is 5.41 Å². The molecule has 0 aliphatic carbocycles. The van der Waals surface area contributed by atoms with E-state index in [4.69, 9.17) is 9.47 Å². The standard InChI is InChI=1S/C19H30O3/c1-5-8-14-19(13-6-2,18(20)22-7-3)15-16-11-9-10-12-17(16)21-4/h9-12H,5-8,13-15H2,1-4H3. The molecule has 0 aliphatic heterocycles. The fourth-order valence-corrected chi connectivity index (χ4v) is 3.07. The number of rotatable bonds is 10.